The maximum Gasteiger partial charge on any atom is 0.408 e. The van der Waals surface area contributed by atoms with Gasteiger partial charge < -0.3 is 25.8 Å². The number of rotatable bonds is 11. The second kappa shape index (κ2) is 13.0. The Bertz CT molecular complexity index is 748. The van der Waals surface area contributed by atoms with E-state index in [1.54, 1.807) is 32.9 Å². The summed E-state index contributed by atoms with van der Waals surface area (Å²) in [7, 11) is 0. The van der Waals surface area contributed by atoms with Crippen molar-refractivity contribution in [1.29, 1.82) is 0 Å². The summed E-state index contributed by atoms with van der Waals surface area (Å²) >= 11 is 0. The molecule has 0 aliphatic carbocycles. The van der Waals surface area contributed by atoms with Gasteiger partial charge in [0.1, 0.15) is 18.7 Å². The SMILES string of the molecule is CCOC(=O)/C=C/C[C@H](NC(=O)[C@@H](NC(=O)OCc1ccccc1)C(C)C)C(N)=O. The lowest BCUT2D eigenvalue weighted by molar-refractivity contribution is -0.137. The van der Waals surface area contributed by atoms with Crippen LogP contribution in [0.25, 0.3) is 0 Å². The Kier molecular flexibility index (Phi) is 10.7. The number of benzene rings is 1. The molecule has 30 heavy (non-hydrogen) atoms. The van der Waals surface area contributed by atoms with E-state index in [1.165, 1.54) is 6.08 Å². The van der Waals surface area contributed by atoms with Crippen molar-refractivity contribution in [3.05, 3.63) is 48.0 Å². The first-order chi connectivity index (χ1) is 14.2. The Morgan fingerprint density at radius 2 is 1.73 bits per heavy atom. The molecule has 1 aromatic rings. The Morgan fingerprint density at radius 1 is 1.07 bits per heavy atom. The van der Waals surface area contributed by atoms with E-state index in [4.69, 9.17) is 15.2 Å². The first-order valence-electron chi connectivity index (χ1n) is 9.64. The van der Waals surface area contributed by atoms with Crippen molar-refractivity contribution in [3.8, 4) is 0 Å². The number of carbonyl (C=O) groups excluding carboxylic acids is 4. The molecule has 0 aliphatic heterocycles. The van der Waals surface area contributed by atoms with E-state index in [1.807, 2.05) is 18.2 Å². The molecule has 2 atom stereocenters. The highest BCUT2D eigenvalue weighted by Crippen LogP contribution is 2.06. The highest BCUT2D eigenvalue weighted by molar-refractivity contribution is 5.91. The van der Waals surface area contributed by atoms with Crippen LogP contribution in [0.1, 0.15) is 32.8 Å². The summed E-state index contributed by atoms with van der Waals surface area (Å²) in [5.41, 5.74) is 6.14. The first-order valence-corrected chi connectivity index (χ1v) is 9.64. The molecular formula is C21H29N3O6. The fourth-order valence-corrected chi connectivity index (χ4v) is 2.43. The Morgan fingerprint density at radius 3 is 2.30 bits per heavy atom. The number of alkyl carbamates (subject to hydrolysis) is 1. The molecular weight excluding hydrogens is 390 g/mol. The maximum absolute atomic E-state index is 12.6. The molecule has 0 unspecified atom stereocenters. The van der Waals surface area contributed by atoms with Crippen LogP contribution < -0.4 is 16.4 Å². The summed E-state index contributed by atoms with van der Waals surface area (Å²) in [6.45, 7) is 5.42. The van der Waals surface area contributed by atoms with E-state index in [0.29, 0.717) is 0 Å². The van der Waals surface area contributed by atoms with Crippen molar-refractivity contribution in [1.82, 2.24) is 10.6 Å². The van der Waals surface area contributed by atoms with Crippen molar-refractivity contribution >= 4 is 23.9 Å². The predicted molar refractivity (Wildman–Crippen MR) is 110 cm³/mol. The number of hydrogen-bond donors (Lipinski definition) is 3. The van der Waals surface area contributed by atoms with Crippen molar-refractivity contribution in [3.63, 3.8) is 0 Å². The van der Waals surface area contributed by atoms with Gasteiger partial charge in [0.2, 0.25) is 11.8 Å². The smallest absolute Gasteiger partial charge is 0.408 e. The minimum Gasteiger partial charge on any atom is -0.463 e. The summed E-state index contributed by atoms with van der Waals surface area (Å²) in [5, 5.41) is 5.00. The molecule has 0 fully saturated rings. The molecule has 164 valence electrons. The van der Waals surface area contributed by atoms with Crippen molar-refractivity contribution in [2.75, 3.05) is 6.61 Å². The number of carbonyl (C=O) groups is 4. The largest absolute Gasteiger partial charge is 0.463 e. The lowest BCUT2D eigenvalue weighted by Crippen LogP contribution is -2.54. The monoisotopic (exact) mass is 419 g/mol. The van der Waals surface area contributed by atoms with Gasteiger partial charge in [-0.05, 0) is 24.8 Å². The summed E-state index contributed by atoms with van der Waals surface area (Å²) in [6, 6.07) is 7.11. The van der Waals surface area contributed by atoms with E-state index < -0.39 is 36.0 Å². The molecule has 1 rings (SSSR count). The van der Waals surface area contributed by atoms with Gasteiger partial charge in [0.25, 0.3) is 0 Å². The summed E-state index contributed by atoms with van der Waals surface area (Å²) in [4.78, 5) is 47.7. The molecule has 0 radical (unpaired) electrons. The molecule has 0 saturated heterocycles. The molecule has 9 nitrogen and oxygen atoms in total. The zero-order valence-corrected chi connectivity index (χ0v) is 17.4. The average Bonchev–Trinajstić information content (AvgIpc) is 2.70. The molecule has 4 N–H and O–H groups in total. The molecule has 3 amide bonds. The van der Waals surface area contributed by atoms with Gasteiger partial charge in [-0.2, -0.15) is 0 Å². The van der Waals surface area contributed by atoms with Gasteiger partial charge in [-0.25, -0.2) is 9.59 Å². The minimum absolute atomic E-state index is 0.00313. The molecule has 0 spiro atoms. The van der Waals surface area contributed by atoms with Crippen molar-refractivity contribution in [2.24, 2.45) is 11.7 Å². The topological polar surface area (TPSA) is 137 Å². The summed E-state index contributed by atoms with van der Waals surface area (Å²) < 4.78 is 9.88. The van der Waals surface area contributed by atoms with Crippen LogP contribution in [0.5, 0.6) is 0 Å². The average molecular weight is 419 g/mol. The minimum atomic E-state index is -1.05. The third kappa shape index (κ3) is 9.22. The molecule has 9 heteroatoms. The Hall–Kier alpha value is -3.36. The van der Waals surface area contributed by atoms with Crippen molar-refractivity contribution in [2.45, 2.75) is 45.9 Å². The van der Waals surface area contributed by atoms with Gasteiger partial charge in [-0.3, -0.25) is 9.59 Å². The number of ether oxygens (including phenoxy) is 2. The number of nitrogens with two attached hydrogens (primary N) is 1. The highest BCUT2D eigenvalue weighted by Gasteiger charge is 2.28. The molecule has 0 bridgehead atoms. The molecule has 1 aromatic carbocycles. The van der Waals surface area contributed by atoms with Gasteiger partial charge in [0.05, 0.1) is 6.61 Å². The fourth-order valence-electron chi connectivity index (χ4n) is 2.43. The van der Waals surface area contributed by atoms with Crippen LogP contribution in [0.4, 0.5) is 4.79 Å². The molecule has 0 aliphatic rings. The van der Waals surface area contributed by atoms with Crippen LogP contribution in [0.2, 0.25) is 0 Å². The zero-order valence-electron chi connectivity index (χ0n) is 17.4. The maximum atomic E-state index is 12.6. The van der Waals surface area contributed by atoms with Gasteiger partial charge in [-0.1, -0.05) is 50.3 Å². The lowest BCUT2D eigenvalue weighted by atomic mass is 10.0. The molecule has 0 aromatic heterocycles. The van der Waals surface area contributed by atoms with Crippen LogP contribution in [0.3, 0.4) is 0 Å². The lowest BCUT2D eigenvalue weighted by Gasteiger charge is -2.23. The van der Waals surface area contributed by atoms with E-state index in [9.17, 15) is 19.2 Å². The third-order valence-corrected chi connectivity index (χ3v) is 4.01. The second-order valence-electron chi connectivity index (χ2n) is 6.78. The van der Waals surface area contributed by atoms with E-state index in [-0.39, 0.29) is 25.6 Å². The highest BCUT2D eigenvalue weighted by atomic mass is 16.5. The zero-order chi connectivity index (χ0) is 22.5. The van der Waals surface area contributed by atoms with Crippen LogP contribution >= 0.6 is 0 Å². The predicted octanol–water partition coefficient (Wildman–Crippen LogP) is 1.42. The third-order valence-electron chi connectivity index (χ3n) is 4.01. The molecule has 0 saturated carbocycles. The molecule has 0 heterocycles. The Labute approximate surface area is 176 Å². The van der Waals surface area contributed by atoms with E-state index >= 15 is 0 Å². The van der Waals surface area contributed by atoms with Gasteiger partial charge >= 0.3 is 12.1 Å². The van der Waals surface area contributed by atoms with Crippen LogP contribution in [0.15, 0.2) is 42.5 Å². The fraction of sp³-hybridized carbons (Fsp3) is 0.429. The summed E-state index contributed by atoms with van der Waals surface area (Å²) in [5.74, 6) is -2.20. The normalized spacial score (nSPS) is 12.8. The summed E-state index contributed by atoms with van der Waals surface area (Å²) in [6.07, 6.45) is 1.79. The van der Waals surface area contributed by atoms with E-state index in [0.717, 1.165) is 11.6 Å². The first kappa shape index (κ1) is 24.7. The van der Waals surface area contributed by atoms with Crippen molar-refractivity contribution < 1.29 is 28.7 Å². The van der Waals surface area contributed by atoms with Gasteiger partial charge in [-0.15, -0.1) is 0 Å². The standard InChI is InChI=1S/C21H29N3O6/c1-4-29-17(25)12-8-11-16(19(22)26)23-20(27)18(14(2)3)24-21(28)30-13-15-9-6-5-7-10-15/h5-10,12,14,16,18H,4,11,13H2,1-3H3,(H2,22,26)(H,23,27)(H,24,28)/b12-8+/t16-,18-/m0/s1. The van der Waals surface area contributed by atoms with Gasteiger partial charge in [0.15, 0.2) is 0 Å². The van der Waals surface area contributed by atoms with Crippen LogP contribution in [-0.2, 0) is 30.5 Å². The van der Waals surface area contributed by atoms with E-state index in [2.05, 4.69) is 10.6 Å². The van der Waals surface area contributed by atoms with Crippen LogP contribution in [-0.4, -0.2) is 42.6 Å². The second-order valence-corrected chi connectivity index (χ2v) is 6.78. The number of hydrogen-bond acceptors (Lipinski definition) is 6. The number of nitrogens with one attached hydrogen (secondary N) is 2. The number of esters is 1. The van der Waals surface area contributed by atoms with Gasteiger partial charge in [0, 0.05) is 6.08 Å². The van der Waals surface area contributed by atoms with Crippen LogP contribution in [0, 0.1) is 5.92 Å². The quantitative estimate of drug-likeness (QED) is 0.366. The Balaban J connectivity index is 2.65. The number of primary amides is 1. The number of amides is 3.